The molecule has 3 heterocycles. The lowest BCUT2D eigenvalue weighted by Crippen LogP contribution is -2.43. The third-order valence-corrected chi connectivity index (χ3v) is 6.06. The van der Waals surface area contributed by atoms with Crippen molar-refractivity contribution in [2.75, 3.05) is 32.4 Å². The zero-order chi connectivity index (χ0) is 14.9. The van der Waals surface area contributed by atoms with Gasteiger partial charge in [0, 0.05) is 37.6 Å². The second-order valence-electron chi connectivity index (χ2n) is 6.41. The number of likely N-dealkylation sites (tertiary alicyclic amines) is 1. The maximum atomic E-state index is 11.7. The van der Waals surface area contributed by atoms with Crippen molar-refractivity contribution in [1.29, 1.82) is 0 Å². The van der Waals surface area contributed by atoms with Crippen LogP contribution in [0.15, 0.2) is 18.3 Å². The number of hydrogen-bond acceptors (Lipinski definition) is 3. The highest BCUT2D eigenvalue weighted by molar-refractivity contribution is 7.88. The Morgan fingerprint density at radius 3 is 2.81 bits per heavy atom. The van der Waals surface area contributed by atoms with E-state index in [0.29, 0.717) is 25.0 Å². The SMILES string of the molecule is CS(=O)(=O)N1CCC[C@@H](CN2CCC[C@H]2c2ccc[nH]2)C1. The fourth-order valence-electron chi connectivity index (χ4n) is 3.76. The molecule has 1 N–H and O–H groups in total. The van der Waals surface area contributed by atoms with E-state index in [9.17, 15) is 8.42 Å². The molecular formula is C15H25N3O2S. The van der Waals surface area contributed by atoms with Crippen LogP contribution in [0.5, 0.6) is 0 Å². The first-order chi connectivity index (χ1) is 10.0. The predicted molar refractivity (Wildman–Crippen MR) is 83.5 cm³/mol. The Morgan fingerprint density at radius 2 is 2.10 bits per heavy atom. The molecule has 21 heavy (non-hydrogen) atoms. The number of nitrogens with zero attached hydrogens (tertiary/aromatic N) is 2. The van der Waals surface area contributed by atoms with Crippen LogP contribution in [0, 0.1) is 5.92 Å². The first kappa shape index (κ1) is 15.1. The van der Waals surface area contributed by atoms with E-state index in [4.69, 9.17) is 0 Å². The minimum atomic E-state index is -3.04. The monoisotopic (exact) mass is 311 g/mol. The fourth-order valence-corrected chi connectivity index (χ4v) is 4.70. The van der Waals surface area contributed by atoms with Crippen LogP contribution in [0.1, 0.15) is 37.4 Å². The molecule has 0 unspecified atom stereocenters. The number of H-pyrrole nitrogens is 1. The lowest BCUT2D eigenvalue weighted by atomic mass is 9.98. The van der Waals surface area contributed by atoms with Gasteiger partial charge in [-0.25, -0.2) is 12.7 Å². The molecule has 0 spiro atoms. The van der Waals surface area contributed by atoms with Crippen LogP contribution in [0.4, 0.5) is 0 Å². The predicted octanol–water partition coefficient (Wildman–Crippen LogP) is 1.82. The lowest BCUT2D eigenvalue weighted by molar-refractivity contribution is 0.167. The van der Waals surface area contributed by atoms with Gasteiger partial charge in [-0.2, -0.15) is 0 Å². The van der Waals surface area contributed by atoms with Gasteiger partial charge in [0.25, 0.3) is 0 Å². The number of hydrogen-bond donors (Lipinski definition) is 1. The molecule has 2 aliphatic heterocycles. The summed E-state index contributed by atoms with van der Waals surface area (Å²) in [5.41, 5.74) is 1.29. The van der Waals surface area contributed by atoms with Crippen molar-refractivity contribution < 1.29 is 8.42 Å². The van der Waals surface area contributed by atoms with Crippen LogP contribution < -0.4 is 0 Å². The summed E-state index contributed by atoms with van der Waals surface area (Å²) in [5.74, 6) is 0.462. The van der Waals surface area contributed by atoms with Crippen LogP contribution in [0.2, 0.25) is 0 Å². The van der Waals surface area contributed by atoms with Gasteiger partial charge in [-0.05, 0) is 50.3 Å². The molecule has 0 bridgehead atoms. The van der Waals surface area contributed by atoms with Crippen molar-refractivity contribution in [3.63, 3.8) is 0 Å². The average Bonchev–Trinajstić information content (AvgIpc) is 3.08. The van der Waals surface area contributed by atoms with Gasteiger partial charge in [0.2, 0.25) is 10.0 Å². The molecule has 5 nitrogen and oxygen atoms in total. The molecule has 6 heteroatoms. The lowest BCUT2D eigenvalue weighted by Gasteiger charge is -2.35. The Bertz CT molecular complexity index is 555. The zero-order valence-corrected chi connectivity index (χ0v) is 13.5. The number of nitrogens with one attached hydrogen (secondary N) is 1. The number of piperidine rings is 1. The third-order valence-electron chi connectivity index (χ3n) is 4.79. The topological polar surface area (TPSA) is 56.4 Å². The van der Waals surface area contributed by atoms with Gasteiger partial charge < -0.3 is 4.98 Å². The standard InChI is InChI=1S/C15H25N3O2S/c1-21(19,20)18-10-3-5-13(12-18)11-17-9-4-7-15(17)14-6-2-8-16-14/h2,6,8,13,15-16H,3-5,7,9-12H2,1H3/t13-,15-/m0/s1. The van der Waals surface area contributed by atoms with Crippen LogP contribution in [-0.2, 0) is 10.0 Å². The van der Waals surface area contributed by atoms with Gasteiger partial charge in [-0.1, -0.05) is 0 Å². The fraction of sp³-hybridized carbons (Fsp3) is 0.733. The van der Waals surface area contributed by atoms with Crippen molar-refractivity contribution >= 4 is 10.0 Å². The number of sulfonamides is 1. The molecule has 2 aliphatic rings. The van der Waals surface area contributed by atoms with Crippen molar-refractivity contribution in [2.45, 2.75) is 31.7 Å². The summed E-state index contributed by atoms with van der Waals surface area (Å²) in [4.78, 5) is 5.86. The van der Waals surface area contributed by atoms with Crippen LogP contribution in [0.3, 0.4) is 0 Å². The zero-order valence-electron chi connectivity index (χ0n) is 12.7. The molecule has 1 aromatic heterocycles. The summed E-state index contributed by atoms with van der Waals surface area (Å²) in [5, 5.41) is 0. The molecule has 1 aromatic rings. The van der Waals surface area contributed by atoms with Gasteiger partial charge in [0.1, 0.15) is 0 Å². The molecule has 118 valence electrons. The molecule has 0 aliphatic carbocycles. The highest BCUT2D eigenvalue weighted by Crippen LogP contribution is 2.32. The summed E-state index contributed by atoms with van der Waals surface area (Å²) in [6.07, 6.45) is 7.86. The molecule has 3 rings (SSSR count). The summed E-state index contributed by atoms with van der Waals surface area (Å²) < 4.78 is 25.1. The smallest absolute Gasteiger partial charge is 0.211 e. The van der Waals surface area contributed by atoms with Crippen LogP contribution in [0.25, 0.3) is 0 Å². The Morgan fingerprint density at radius 1 is 1.29 bits per heavy atom. The quantitative estimate of drug-likeness (QED) is 0.923. The van der Waals surface area contributed by atoms with E-state index in [2.05, 4.69) is 22.0 Å². The van der Waals surface area contributed by atoms with Crippen LogP contribution >= 0.6 is 0 Å². The van der Waals surface area contributed by atoms with Gasteiger partial charge in [0.05, 0.1) is 6.26 Å². The highest BCUT2D eigenvalue weighted by Gasteiger charge is 2.32. The van der Waals surface area contributed by atoms with Gasteiger partial charge in [0.15, 0.2) is 0 Å². The molecular weight excluding hydrogens is 286 g/mol. The second-order valence-corrected chi connectivity index (χ2v) is 8.39. The molecule has 0 radical (unpaired) electrons. The summed E-state index contributed by atoms with van der Waals surface area (Å²) in [7, 11) is -3.04. The molecule has 0 amide bonds. The molecule has 0 aromatic carbocycles. The summed E-state index contributed by atoms with van der Waals surface area (Å²) in [6, 6.07) is 4.69. The van der Waals surface area contributed by atoms with Gasteiger partial charge in [-0.3, -0.25) is 4.90 Å². The van der Waals surface area contributed by atoms with E-state index < -0.39 is 10.0 Å². The summed E-state index contributed by atoms with van der Waals surface area (Å²) in [6.45, 7) is 3.51. The van der Waals surface area contributed by atoms with Gasteiger partial charge >= 0.3 is 0 Å². The minimum absolute atomic E-state index is 0.462. The van der Waals surface area contributed by atoms with E-state index in [1.807, 2.05) is 6.20 Å². The first-order valence-electron chi connectivity index (χ1n) is 7.86. The Labute approximate surface area is 127 Å². The van der Waals surface area contributed by atoms with Crippen molar-refractivity contribution in [1.82, 2.24) is 14.2 Å². The Balaban J connectivity index is 1.63. The molecule has 2 atom stereocenters. The Kier molecular flexibility index (Phi) is 4.38. The number of rotatable bonds is 4. The highest BCUT2D eigenvalue weighted by atomic mass is 32.2. The van der Waals surface area contributed by atoms with Crippen molar-refractivity contribution in [3.05, 3.63) is 24.0 Å². The molecule has 2 saturated heterocycles. The van der Waals surface area contributed by atoms with E-state index in [1.54, 1.807) is 4.31 Å². The maximum absolute atomic E-state index is 11.7. The van der Waals surface area contributed by atoms with Crippen LogP contribution in [-0.4, -0.2) is 55.0 Å². The van der Waals surface area contributed by atoms with Crippen molar-refractivity contribution in [3.8, 4) is 0 Å². The van der Waals surface area contributed by atoms with Crippen molar-refractivity contribution in [2.24, 2.45) is 5.92 Å². The third kappa shape index (κ3) is 3.49. The second kappa shape index (κ2) is 6.10. The molecule has 0 saturated carbocycles. The van der Waals surface area contributed by atoms with E-state index in [1.165, 1.54) is 24.8 Å². The van der Waals surface area contributed by atoms with E-state index in [-0.39, 0.29) is 0 Å². The number of aromatic nitrogens is 1. The molecule has 2 fully saturated rings. The van der Waals surface area contributed by atoms with E-state index in [0.717, 1.165) is 25.9 Å². The average molecular weight is 311 g/mol. The Hall–Kier alpha value is -0.850. The first-order valence-corrected chi connectivity index (χ1v) is 9.71. The number of aromatic amines is 1. The van der Waals surface area contributed by atoms with E-state index >= 15 is 0 Å². The summed E-state index contributed by atoms with van der Waals surface area (Å²) >= 11 is 0. The maximum Gasteiger partial charge on any atom is 0.211 e. The minimum Gasteiger partial charge on any atom is -0.364 e. The normalized spacial score (nSPS) is 29.0. The van der Waals surface area contributed by atoms with Gasteiger partial charge in [-0.15, -0.1) is 0 Å². The largest absolute Gasteiger partial charge is 0.364 e.